The molecule has 0 aliphatic rings. The third kappa shape index (κ3) is 3.31. The Kier molecular flexibility index (Phi) is 6.58. The molecule has 1 aromatic heterocycles. The summed E-state index contributed by atoms with van der Waals surface area (Å²) in [6.45, 7) is 8.42. The van der Waals surface area contributed by atoms with Crippen LogP contribution in [-0.4, -0.2) is 16.3 Å². The molecule has 0 bridgehead atoms. The average molecular weight is 218 g/mol. The summed E-state index contributed by atoms with van der Waals surface area (Å²) in [4.78, 5) is 0. The smallest absolute Gasteiger partial charge is 0.0525 e. The SMILES string of the molecule is CCNCc1ccnn1C(C)CC.Cl. The van der Waals surface area contributed by atoms with Crippen molar-refractivity contribution in [2.75, 3.05) is 6.54 Å². The molecule has 4 heteroatoms. The maximum Gasteiger partial charge on any atom is 0.0525 e. The van der Waals surface area contributed by atoms with Gasteiger partial charge in [0.15, 0.2) is 0 Å². The molecular formula is C10H20ClN3. The predicted octanol–water partition coefficient (Wildman–Crippen LogP) is 2.39. The lowest BCUT2D eigenvalue weighted by Crippen LogP contribution is -2.17. The van der Waals surface area contributed by atoms with E-state index in [-0.39, 0.29) is 12.4 Å². The van der Waals surface area contributed by atoms with Crippen LogP contribution in [0.2, 0.25) is 0 Å². The molecule has 0 aromatic carbocycles. The van der Waals surface area contributed by atoms with Gasteiger partial charge < -0.3 is 5.32 Å². The van der Waals surface area contributed by atoms with Gasteiger partial charge in [0.05, 0.1) is 5.69 Å². The zero-order valence-electron chi connectivity index (χ0n) is 9.16. The van der Waals surface area contributed by atoms with Crippen molar-refractivity contribution in [2.45, 2.75) is 39.8 Å². The molecule has 0 aliphatic heterocycles. The molecule has 0 radical (unpaired) electrons. The quantitative estimate of drug-likeness (QED) is 0.821. The van der Waals surface area contributed by atoms with Crippen molar-refractivity contribution in [3.05, 3.63) is 18.0 Å². The molecule has 1 unspecified atom stereocenters. The first-order valence-electron chi connectivity index (χ1n) is 5.02. The molecule has 0 aliphatic carbocycles. The first-order chi connectivity index (χ1) is 6.29. The van der Waals surface area contributed by atoms with Gasteiger partial charge in [-0.1, -0.05) is 13.8 Å². The number of aromatic nitrogens is 2. The van der Waals surface area contributed by atoms with Gasteiger partial charge in [-0.3, -0.25) is 4.68 Å². The Bertz CT molecular complexity index is 247. The number of hydrogen-bond donors (Lipinski definition) is 1. The second-order valence-electron chi connectivity index (χ2n) is 3.30. The van der Waals surface area contributed by atoms with E-state index in [9.17, 15) is 0 Å². The summed E-state index contributed by atoms with van der Waals surface area (Å²) in [5, 5.41) is 7.63. The minimum absolute atomic E-state index is 0. The van der Waals surface area contributed by atoms with E-state index < -0.39 is 0 Å². The Balaban J connectivity index is 0.00000169. The number of hydrogen-bond acceptors (Lipinski definition) is 2. The van der Waals surface area contributed by atoms with E-state index in [2.05, 4.69) is 41.9 Å². The Morgan fingerprint density at radius 3 is 2.79 bits per heavy atom. The van der Waals surface area contributed by atoms with Crippen LogP contribution in [0.25, 0.3) is 0 Å². The van der Waals surface area contributed by atoms with E-state index in [0.29, 0.717) is 6.04 Å². The lowest BCUT2D eigenvalue weighted by molar-refractivity contribution is 0.453. The highest BCUT2D eigenvalue weighted by atomic mass is 35.5. The maximum absolute atomic E-state index is 4.32. The third-order valence-corrected chi connectivity index (χ3v) is 2.32. The van der Waals surface area contributed by atoms with Crippen molar-refractivity contribution in [1.82, 2.24) is 15.1 Å². The van der Waals surface area contributed by atoms with E-state index in [4.69, 9.17) is 0 Å². The number of nitrogens with one attached hydrogen (secondary N) is 1. The van der Waals surface area contributed by atoms with Crippen LogP contribution < -0.4 is 5.32 Å². The van der Waals surface area contributed by atoms with Gasteiger partial charge in [-0.25, -0.2) is 0 Å². The van der Waals surface area contributed by atoms with E-state index >= 15 is 0 Å². The summed E-state index contributed by atoms with van der Waals surface area (Å²) < 4.78 is 2.10. The van der Waals surface area contributed by atoms with Crippen LogP contribution in [0.5, 0.6) is 0 Å². The largest absolute Gasteiger partial charge is 0.311 e. The molecule has 1 atom stereocenters. The van der Waals surface area contributed by atoms with Crippen molar-refractivity contribution < 1.29 is 0 Å². The van der Waals surface area contributed by atoms with Gasteiger partial charge in [-0.2, -0.15) is 5.10 Å². The Morgan fingerprint density at radius 2 is 2.21 bits per heavy atom. The molecule has 0 amide bonds. The molecule has 82 valence electrons. The van der Waals surface area contributed by atoms with Gasteiger partial charge in [-0.05, 0) is 26.0 Å². The van der Waals surface area contributed by atoms with Crippen molar-refractivity contribution >= 4 is 12.4 Å². The highest BCUT2D eigenvalue weighted by Crippen LogP contribution is 2.11. The Hall–Kier alpha value is -0.540. The molecule has 0 fully saturated rings. The van der Waals surface area contributed by atoms with Crippen LogP contribution in [0.3, 0.4) is 0 Å². The lowest BCUT2D eigenvalue weighted by atomic mass is 10.2. The standard InChI is InChI=1S/C10H19N3.ClH/c1-4-9(3)13-10(6-7-12-13)8-11-5-2;/h6-7,9,11H,4-5,8H2,1-3H3;1H. The molecule has 14 heavy (non-hydrogen) atoms. The summed E-state index contributed by atoms with van der Waals surface area (Å²) in [5.41, 5.74) is 1.27. The first-order valence-corrected chi connectivity index (χ1v) is 5.02. The van der Waals surface area contributed by atoms with E-state index in [1.54, 1.807) is 0 Å². The van der Waals surface area contributed by atoms with Gasteiger partial charge in [0.25, 0.3) is 0 Å². The lowest BCUT2D eigenvalue weighted by Gasteiger charge is -2.13. The Labute approximate surface area is 92.3 Å². The molecular weight excluding hydrogens is 198 g/mol. The second-order valence-corrected chi connectivity index (χ2v) is 3.30. The number of halogens is 1. The molecule has 1 rings (SSSR count). The van der Waals surface area contributed by atoms with Crippen LogP contribution in [0.4, 0.5) is 0 Å². The molecule has 3 nitrogen and oxygen atoms in total. The summed E-state index contributed by atoms with van der Waals surface area (Å²) in [6.07, 6.45) is 3.00. The maximum atomic E-state index is 4.32. The van der Waals surface area contributed by atoms with Crippen molar-refractivity contribution in [2.24, 2.45) is 0 Å². The second kappa shape index (κ2) is 6.85. The summed E-state index contributed by atoms with van der Waals surface area (Å²) in [7, 11) is 0. The van der Waals surface area contributed by atoms with Gasteiger partial charge in [0.1, 0.15) is 0 Å². The normalized spacial score (nSPS) is 12.2. The highest BCUT2D eigenvalue weighted by Gasteiger charge is 2.06. The van der Waals surface area contributed by atoms with Gasteiger partial charge >= 0.3 is 0 Å². The molecule has 1 aromatic rings. The molecule has 0 spiro atoms. The van der Waals surface area contributed by atoms with Crippen LogP contribution in [0.15, 0.2) is 12.3 Å². The monoisotopic (exact) mass is 217 g/mol. The highest BCUT2D eigenvalue weighted by molar-refractivity contribution is 5.85. The summed E-state index contributed by atoms with van der Waals surface area (Å²) in [6, 6.07) is 2.58. The fraction of sp³-hybridized carbons (Fsp3) is 0.700. The van der Waals surface area contributed by atoms with Gasteiger partial charge in [0.2, 0.25) is 0 Å². The molecule has 0 saturated heterocycles. The van der Waals surface area contributed by atoms with Crippen molar-refractivity contribution in [3.8, 4) is 0 Å². The predicted molar refractivity (Wildman–Crippen MR) is 61.9 cm³/mol. The minimum atomic E-state index is 0. The van der Waals surface area contributed by atoms with E-state index in [1.807, 2.05) is 6.20 Å². The minimum Gasteiger partial charge on any atom is -0.311 e. The third-order valence-electron chi connectivity index (χ3n) is 2.32. The molecule has 1 N–H and O–H groups in total. The van der Waals surface area contributed by atoms with Gasteiger partial charge in [0, 0.05) is 18.8 Å². The molecule has 0 saturated carbocycles. The van der Waals surface area contributed by atoms with Crippen LogP contribution in [0, 0.1) is 0 Å². The topological polar surface area (TPSA) is 29.9 Å². The average Bonchev–Trinajstić information content (AvgIpc) is 2.61. The van der Waals surface area contributed by atoms with Crippen molar-refractivity contribution in [1.29, 1.82) is 0 Å². The number of rotatable bonds is 5. The van der Waals surface area contributed by atoms with Crippen LogP contribution in [0.1, 0.15) is 38.9 Å². The van der Waals surface area contributed by atoms with Crippen LogP contribution >= 0.6 is 12.4 Å². The van der Waals surface area contributed by atoms with Gasteiger partial charge in [-0.15, -0.1) is 12.4 Å². The van der Waals surface area contributed by atoms with E-state index in [1.165, 1.54) is 5.69 Å². The summed E-state index contributed by atoms with van der Waals surface area (Å²) >= 11 is 0. The summed E-state index contributed by atoms with van der Waals surface area (Å²) in [5.74, 6) is 0. The number of nitrogens with zero attached hydrogens (tertiary/aromatic N) is 2. The fourth-order valence-electron chi connectivity index (χ4n) is 1.30. The molecule has 1 heterocycles. The van der Waals surface area contributed by atoms with Crippen LogP contribution in [-0.2, 0) is 6.54 Å². The Morgan fingerprint density at radius 1 is 1.50 bits per heavy atom. The zero-order valence-corrected chi connectivity index (χ0v) is 9.97. The van der Waals surface area contributed by atoms with Crippen molar-refractivity contribution in [3.63, 3.8) is 0 Å². The zero-order chi connectivity index (χ0) is 9.68. The van der Waals surface area contributed by atoms with E-state index in [0.717, 1.165) is 19.5 Å². The fourth-order valence-corrected chi connectivity index (χ4v) is 1.30. The first kappa shape index (κ1) is 13.5.